The Kier molecular flexibility index (Phi) is 33.2. The summed E-state index contributed by atoms with van der Waals surface area (Å²) < 4.78 is 185. The van der Waals surface area contributed by atoms with Gasteiger partial charge in [-0.15, -0.1) is 40.8 Å². The lowest BCUT2D eigenvalue weighted by molar-refractivity contribution is 0.0947. The van der Waals surface area contributed by atoms with E-state index in [1.54, 1.807) is 164 Å². The van der Waals surface area contributed by atoms with Gasteiger partial charge in [0.15, 0.2) is 103 Å². The van der Waals surface area contributed by atoms with E-state index < -0.39 is 73.6 Å². The van der Waals surface area contributed by atoms with Crippen LogP contribution < -0.4 is 37.9 Å². The van der Waals surface area contributed by atoms with Crippen LogP contribution in [0.3, 0.4) is 0 Å². The van der Waals surface area contributed by atoms with Crippen LogP contribution in [0.5, 0.6) is 46.3 Å². The summed E-state index contributed by atoms with van der Waals surface area (Å²) in [7, 11) is -1.64. The first kappa shape index (κ1) is 103. The molecule has 0 bridgehead atoms. The Hall–Kier alpha value is -15.1. The molecule has 47 heteroatoms. The topological polar surface area (TPSA) is 531 Å². The molecule has 16 aromatic rings. The van der Waals surface area contributed by atoms with Crippen molar-refractivity contribution >= 4 is 39.3 Å². The number of aryl methyl sites for hydroxylation is 10. The van der Waals surface area contributed by atoms with Gasteiger partial charge in [0.25, 0.3) is 0 Å². The first-order chi connectivity index (χ1) is 67.5. The second-order valence-electron chi connectivity index (χ2n) is 32.1. The van der Waals surface area contributed by atoms with Crippen molar-refractivity contribution in [1.82, 2.24) is 104 Å². The smallest absolute Gasteiger partial charge is 0.245 e. The molecule has 0 aliphatic carbocycles. The van der Waals surface area contributed by atoms with E-state index in [0.717, 1.165) is 22.3 Å². The van der Waals surface area contributed by atoms with Crippen LogP contribution in [0, 0.1) is 55.4 Å². The number of sulfone groups is 4. The SMILES string of the molecule is COc1cccc(OC)c1-n1c(CS(=O)(=O)CCc2ccc(C)cn2)nnc1-c1ccc(C)o1.COc1cccc(OC)c1-n1c(CS(=O)(=O)CCc2ncc(C)cn2)nnc1-c1ccc(C)o1.COc1cccc(OC)c1-n1c(CS(=O)(=O)[C@@H](C)[C@@H](O)c2ncc(C)cn2)nnc1-c1ccc(C)o1.COc1ncnc(OC)c1-n1c(CS(=O)(=O)[C@@H](C)[C@H](OC)c2ncc(C)cn2)nnc1-c1ccc(C)o1. The number of methoxy groups -OCH3 is 9. The number of ether oxygens (including phenoxy) is 9. The molecule has 4 atom stereocenters. The van der Waals surface area contributed by atoms with E-state index in [9.17, 15) is 38.8 Å². The molecule has 0 aliphatic rings. The summed E-state index contributed by atoms with van der Waals surface area (Å²) in [5.74, 6) is 7.86. The Morgan fingerprint density at radius 1 is 0.326 bits per heavy atom. The van der Waals surface area contributed by atoms with Crippen molar-refractivity contribution in [3.8, 4) is 115 Å². The average Bonchev–Trinajstić information content (AvgIpc) is 1.70. The molecule has 13 heterocycles. The lowest BCUT2D eigenvalue weighted by Gasteiger charge is -2.22. The predicted molar refractivity (Wildman–Crippen MR) is 514 cm³/mol. The molecule has 0 fully saturated rings. The Labute approximate surface area is 812 Å². The van der Waals surface area contributed by atoms with E-state index >= 15 is 0 Å². The monoisotopic (exact) mass is 2010 g/mol. The molecule has 1 N–H and O–H groups in total. The minimum atomic E-state index is -3.97. The van der Waals surface area contributed by atoms with E-state index in [0.29, 0.717) is 127 Å². The number of pyridine rings is 1. The van der Waals surface area contributed by atoms with Crippen molar-refractivity contribution < 1.29 is 99.1 Å². The normalized spacial score (nSPS) is 12.5. The lowest BCUT2D eigenvalue weighted by atomic mass is 10.2. The molecule has 0 radical (unpaired) electrons. The number of benzene rings is 3. The van der Waals surface area contributed by atoms with Crippen molar-refractivity contribution in [3.63, 3.8) is 0 Å². The molecule has 13 aromatic heterocycles. The molecule has 742 valence electrons. The highest BCUT2D eigenvalue weighted by Gasteiger charge is 2.39. The molecule has 16 rings (SSSR count). The van der Waals surface area contributed by atoms with Gasteiger partial charge >= 0.3 is 0 Å². The number of furan rings is 4. The first-order valence-electron chi connectivity index (χ1n) is 43.4. The summed E-state index contributed by atoms with van der Waals surface area (Å²) in [5, 5.41) is 42.3. The van der Waals surface area contributed by atoms with Crippen LogP contribution in [0.4, 0.5) is 0 Å². The maximum absolute atomic E-state index is 13.6. The summed E-state index contributed by atoms with van der Waals surface area (Å²) in [6.07, 6.45) is 10.7. The zero-order chi connectivity index (χ0) is 101. The number of aliphatic hydroxyl groups is 1. The fourth-order valence-corrected chi connectivity index (χ4v) is 19.7. The number of rotatable bonds is 37. The van der Waals surface area contributed by atoms with Gasteiger partial charge in [0.1, 0.15) is 122 Å². The molecule has 43 nitrogen and oxygen atoms in total. The van der Waals surface area contributed by atoms with Crippen LogP contribution in [0.15, 0.2) is 183 Å². The largest absolute Gasteiger partial charge is 0.494 e. The second kappa shape index (κ2) is 45.2. The van der Waals surface area contributed by atoms with Crippen molar-refractivity contribution in [3.05, 3.63) is 257 Å². The van der Waals surface area contributed by atoms with E-state index in [-0.39, 0.29) is 93.5 Å². The molecule has 0 aliphatic heterocycles. The molecule has 3 aromatic carbocycles. The van der Waals surface area contributed by atoms with Crippen molar-refractivity contribution in [1.29, 1.82) is 0 Å². The molecular formula is C94H105N21O22S4. The molecule has 0 amide bonds. The summed E-state index contributed by atoms with van der Waals surface area (Å²) in [5.41, 5.74) is 5.89. The molecule has 0 saturated heterocycles. The van der Waals surface area contributed by atoms with Gasteiger partial charge in [-0.1, -0.05) is 24.3 Å². The maximum Gasteiger partial charge on any atom is 0.245 e. The lowest BCUT2D eigenvalue weighted by Crippen LogP contribution is -2.30. The fraction of sp³-hybridized carbons (Fsp3) is 0.330. The summed E-state index contributed by atoms with van der Waals surface area (Å²) >= 11 is 0. The zero-order valence-electron chi connectivity index (χ0n) is 80.6. The van der Waals surface area contributed by atoms with Crippen LogP contribution in [0.1, 0.15) is 118 Å². The number of hydrogen-bond acceptors (Lipinski definition) is 39. The quantitative estimate of drug-likeness (QED) is 0.0378. The summed E-state index contributed by atoms with van der Waals surface area (Å²) in [4.78, 5) is 37.6. The third kappa shape index (κ3) is 24.3. The Morgan fingerprint density at radius 2 is 0.638 bits per heavy atom. The van der Waals surface area contributed by atoms with Crippen LogP contribution in [-0.4, -0.2) is 229 Å². The molecular weight excluding hydrogens is 1900 g/mol. The maximum atomic E-state index is 13.6. The number of para-hydroxylation sites is 3. The van der Waals surface area contributed by atoms with Gasteiger partial charge in [0, 0.05) is 69.0 Å². The van der Waals surface area contributed by atoms with Gasteiger partial charge in [-0.05, 0) is 182 Å². The second-order valence-corrected chi connectivity index (χ2v) is 41.2. The van der Waals surface area contributed by atoms with Gasteiger partial charge in [0.2, 0.25) is 35.1 Å². The van der Waals surface area contributed by atoms with Crippen LogP contribution in [0.25, 0.3) is 69.1 Å². The summed E-state index contributed by atoms with van der Waals surface area (Å²) in [6, 6.07) is 33.6. The first-order valence-corrected chi connectivity index (χ1v) is 50.5. The third-order valence-electron chi connectivity index (χ3n) is 21.9. The number of nitrogens with zero attached hydrogens (tertiary/aromatic N) is 21. The zero-order valence-corrected chi connectivity index (χ0v) is 83.9. The van der Waals surface area contributed by atoms with Gasteiger partial charge in [-0.2, -0.15) is 9.97 Å². The minimum absolute atomic E-state index is 0.0243. The van der Waals surface area contributed by atoms with E-state index in [2.05, 4.69) is 85.6 Å². The highest BCUT2D eigenvalue weighted by Crippen LogP contribution is 2.43. The molecule has 0 saturated carbocycles. The third-order valence-corrected chi connectivity index (χ3v) is 29.0. The van der Waals surface area contributed by atoms with Crippen molar-refractivity contribution in [2.45, 2.75) is 128 Å². The van der Waals surface area contributed by atoms with Crippen molar-refractivity contribution in [2.75, 3.05) is 75.5 Å². The van der Waals surface area contributed by atoms with Crippen LogP contribution >= 0.6 is 0 Å². The van der Waals surface area contributed by atoms with Crippen LogP contribution in [-0.2, 0) is 79.9 Å². The number of aliphatic hydroxyl groups excluding tert-OH is 1. The predicted octanol–water partition coefficient (Wildman–Crippen LogP) is 12.2. The Balaban J connectivity index is 0.000000158. The number of aromatic nitrogens is 21. The van der Waals surface area contributed by atoms with E-state index in [1.807, 2.05) is 46.8 Å². The Morgan fingerprint density at radius 3 is 0.950 bits per heavy atom. The van der Waals surface area contributed by atoms with Gasteiger partial charge in [-0.25, -0.2) is 63.6 Å². The fourth-order valence-electron chi connectivity index (χ4n) is 14.5. The minimum Gasteiger partial charge on any atom is -0.494 e. The van der Waals surface area contributed by atoms with E-state index in [1.165, 1.54) is 106 Å². The van der Waals surface area contributed by atoms with Gasteiger partial charge < -0.3 is 65.4 Å². The van der Waals surface area contributed by atoms with Gasteiger partial charge in [-0.3, -0.25) is 23.3 Å². The Bertz CT molecular complexity index is 7190. The molecule has 141 heavy (non-hydrogen) atoms. The molecule has 0 unspecified atom stereocenters. The molecule has 0 spiro atoms. The summed E-state index contributed by atoms with van der Waals surface area (Å²) in [6.45, 7) is 17.6. The number of hydrogen-bond donors (Lipinski definition) is 1. The average molecular weight is 2010 g/mol. The highest BCUT2D eigenvalue weighted by atomic mass is 32.2. The van der Waals surface area contributed by atoms with Crippen molar-refractivity contribution in [2.24, 2.45) is 0 Å². The van der Waals surface area contributed by atoms with Crippen LogP contribution in [0.2, 0.25) is 0 Å². The standard InChI is InChI=1S/C24H27N5O6S.C24H26N4O5S.C23H27N7O6S.C23H25N5O5S/c1-14-11-25-23(26-12-14)22(30)16(3)36(31,32)13-20-27-28-24(19-10-9-15(2)35-19)29(20)21-17(33-4)7-6-8-18(21)34-5;1-16-8-10-18(25-14-16)12-13-34(29,30)15-22-26-27-24(21-11-9-17(2)33-21)28(22)23-19(31-3)6-5-7-20(23)32-4;1-13-9-24-20(25-10-13)19(33-4)15(3)37(31,32)11-17-28-29-21(16-8-7-14(2)36-16)30(17)18-22(34-5)26-12-27-23(18)35-6;1-15-12-24-20(25-13-15)10-11-34(29,30)14-21-26-27-23(19-9-8-16(2)33-19)28(21)22-17(31-3)6-5-7-18(22)32-4/h6-12,16,22,30H,13H2,1-5H3;5-11,14H,12-13,15H2,1-4H3;7-10,12,15,19H,11H2,1-6H3;5-9,12-13H,10-11,14H2,1-4H3/t16-,22+;;15-,19-;/m0.0./s1. The highest BCUT2D eigenvalue weighted by molar-refractivity contribution is 7.91. The van der Waals surface area contributed by atoms with E-state index in [4.69, 9.17) is 60.3 Å². The van der Waals surface area contributed by atoms with Gasteiger partial charge in [0.05, 0.1) is 78.9 Å².